The van der Waals surface area contributed by atoms with Crippen LogP contribution in [0.2, 0.25) is 0 Å². The fraction of sp³-hybridized carbons (Fsp3) is 1.00. The third-order valence-electron chi connectivity index (χ3n) is 2.75. The van der Waals surface area contributed by atoms with E-state index in [1.54, 1.807) is 0 Å². The molecule has 0 N–H and O–H groups in total. The van der Waals surface area contributed by atoms with Crippen molar-refractivity contribution in [2.24, 2.45) is 0 Å². The second-order valence-electron chi connectivity index (χ2n) is 3.85. The molecule has 1 fully saturated rings. The summed E-state index contributed by atoms with van der Waals surface area (Å²) in [5.74, 6) is 0. The minimum absolute atomic E-state index is 0. The van der Waals surface area contributed by atoms with Crippen molar-refractivity contribution in [3.05, 3.63) is 0 Å². The van der Waals surface area contributed by atoms with E-state index in [0.717, 1.165) is 25.7 Å². The van der Waals surface area contributed by atoms with Crippen LogP contribution in [0.3, 0.4) is 0 Å². The van der Waals surface area contributed by atoms with Crippen molar-refractivity contribution >= 4 is 23.1 Å². The molecule has 13 heavy (non-hydrogen) atoms. The molecule has 0 saturated heterocycles. The Morgan fingerprint density at radius 3 is 2.15 bits per heavy atom. The Kier molecular flexibility index (Phi) is 10.9. The molecule has 0 unspecified atom stereocenters. The van der Waals surface area contributed by atoms with E-state index in [1.165, 1.54) is 25.7 Å². The SMILES string of the molecule is CCCCC1([O-])CCCCC1.[Br-].[Mg+2]. The molecule has 0 amide bonds. The van der Waals surface area contributed by atoms with E-state index in [-0.39, 0.29) is 40.0 Å². The van der Waals surface area contributed by atoms with Gasteiger partial charge in [-0.3, -0.25) is 0 Å². The molecule has 0 atom stereocenters. The maximum Gasteiger partial charge on any atom is 2.00 e. The molecule has 1 nitrogen and oxygen atoms in total. The molecular weight excluding hydrogens is 240 g/mol. The zero-order valence-electron chi connectivity index (χ0n) is 8.65. The fourth-order valence-corrected chi connectivity index (χ4v) is 1.95. The zero-order chi connectivity index (χ0) is 8.16. The predicted octanol–water partition coefficient (Wildman–Crippen LogP) is -1.14. The molecule has 0 aromatic carbocycles. The summed E-state index contributed by atoms with van der Waals surface area (Å²) in [6.45, 7) is 2.16. The van der Waals surface area contributed by atoms with E-state index in [0.29, 0.717) is 0 Å². The van der Waals surface area contributed by atoms with Gasteiger partial charge in [-0.2, -0.15) is 0 Å². The molecule has 1 aliphatic carbocycles. The van der Waals surface area contributed by atoms with Gasteiger partial charge in [-0.05, 0) is 0 Å². The minimum atomic E-state index is -0.520. The van der Waals surface area contributed by atoms with Crippen molar-refractivity contribution < 1.29 is 22.1 Å². The van der Waals surface area contributed by atoms with Crippen molar-refractivity contribution in [2.45, 2.75) is 63.9 Å². The molecule has 3 heteroatoms. The van der Waals surface area contributed by atoms with Crippen LogP contribution in [0.25, 0.3) is 0 Å². The third-order valence-corrected chi connectivity index (χ3v) is 2.75. The minimum Gasteiger partial charge on any atom is -1.00 e. The van der Waals surface area contributed by atoms with Crippen LogP contribution in [0.5, 0.6) is 0 Å². The summed E-state index contributed by atoms with van der Waals surface area (Å²) in [4.78, 5) is 0. The van der Waals surface area contributed by atoms with Crippen molar-refractivity contribution in [1.82, 2.24) is 0 Å². The Balaban J connectivity index is 0. The Morgan fingerprint density at radius 2 is 1.69 bits per heavy atom. The van der Waals surface area contributed by atoms with Crippen molar-refractivity contribution in [1.29, 1.82) is 0 Å². The van der Waals surface area contributed by atoms with Gasteiger partial charge < -0.3 is 22.1 Å². The second kappa shape index (κ2) is 8.51. The van der Waals surface area contributed by atoms with Crippen LogP contribution in [0.1, 0.15) is 58.3 Å². The van der Waals surface area contributed by atoms with Crippen LogP contribution in [0.4, 0.5) is 0 Å². The van der Waals surface area contributed by atoms with Gasteiger partial charge in [0.15, 0.2) is 0 Å². The average molecular weight is 259 g/mol. The first kappa shape index (κ1) is 16.6. The van der Waals surface area contributed by atoms with Crippen LogP contribution in [0.15, 0.2) is 0 Å². The molecular formula is C10H19BrMgO. The molecule has 1 rings (SSSR count). The Labute approximate surface area is 109 Å². The molecule has 74 valence electrons. The Hall–Kier alpha value is 1.21. The maximum absolute atomic E-state index is 11.9. The molecule has 0 spiro atoms. The molecule has 1 aliphatic rings. The van der Waals surface area contributed by atoms with Crippen molar-refractivity contribution in [3.63, 3.8) is 0 Å². The fourth-order valence-electron chi connectivity index (χ4n) is 1.95. The zero-order valence-corrected chi connectivity index (χ0v) is 11.7. The molecule has 1 saturated carbocycles. The summed E-state index contributed by atoms with van der Waals surface area (Å²) >= 11 is 0. The molecule has 0 aromatic heterocycles. The standard InChI is InChI=1S/C10H19O.BrH.Mg/c1-2-3-7-10(11)8-5-4-6-9-10;;/h2-9H2,1H3;1H;/q-1;;+2/p-1. The quantitative estimate of drug-likeness (QED) is 0.588. The van der Waals surface area contributed by atoms with Gasteiger partial charge in [0.1, 0.15) is 0 Å². The van der Waals surface area contributed by atoms with Gasteiger partial charge >= 0.3 is 23.1 Å². The van der Waals surface area contributed by atoms with E-state index in [2.05, 4.69) is 6.92 Å². The maximum atomic E-state index is 11.9. The van der Waals surface area contributed by atoms with Crippen LogP contribution in [0, 0.1) is 0 Å². The smallest absolute Gasteiger partial charge is 1.00 e. The summed E-state index contributed by atoms with van der Waals surface area (Å²) in [5.41, 5.74) is -0.520. The van der Waals surface area contributed by atoms with E-state index in [1.807, 2.05) is 0 Å². The first-order valence-corrected chi connectivity index (χ1v) is 4.97. The van der Waals surface area contributed by atoms with Crippen molar-refractivity contribution in [3.8, 4) is 0 Å². The summed E-state index contributed by atoms with van der Waals surface area (Å²) in [6.07, 6.45) is 8.73. The summed E-state index contributed by atoms with van der Waals surface area (Å²) in [7, 11) is 0. The normalized spacial score (nSPS) is 19.8. The van der Waals surface area contributed by atoms with Gasteiger partial charge in [-0.25, -0.2) is 0 Å². The van der Waals surface area contributed by atoms with Gasteiger partial charge in [0.2, 0.25) is 0 Å². The number of rotatable bonds is 3. The van der Waals surface area contributed by atoms with E-state index in [9.17, 15) is 5.11 Å². The van der Waals surface area contributed by atoms with Gasteiger partial charge in [0.25, 0.3) is 0 Å². The van der Waals surface area contributed by atoms with Crippen molar-refractivity contribution in [2.75, 3.05) is 0 Å². The van der Waals surface area contributed by atoms with Crippen LogP contribution < -0.4 is 22.1 Å². The van der Waals surface area contributed by atoms with E-state index >= 15 is 0 Å². The summed E-state index contributed by atoms with van der Waals surface area (Å²) < 4.78 is 0. The predicted molar refractivity (Wildman–Crippen MR) is 51.1 cm³/mol. The molecule has 0 heterocycles. The number of unbranched alkanes of at least 4 members (excludes halogenated alkanes) is 1. The number of hydrogen-bond donors (Lipinski definition) is 0. The number of halogens is 1. The summed E-state index contributed by atoms with van der Waals surface area (Å²) in [5, 5.41) is 11.9. The van der Waals surface area contributed by atoms with Crippen LogP contribution >= 0.6 is 0 Å². The Bertz CT molecular complexity index is 113. The average Bonchev–Trinajstić information content (AvgIpc) is 2.03. The largest absolute Gasteiger partial charge is 2.00 e. The van der Waals surface area contributed by atoms with Gasteiger partial charge in [0.05, 0.1) is 0 Å². The summed E-state index contributed by atoms with van der Waals surface area (Å²) in [6, 6.07) is 0. The first-order valence-electron chi connectivity index (χ1n) is 4.97. The third kappa shape index (κ3) is 6.31. The monoisotopic (exact) mass is 258 g/mol. The van der Waals surface area contributed by atoms with Gasteiger partial charge in [-0.15, -0.1) is 5.60 Å². The van der Waals surface area contributed by atoms with Gasteiger partial charge in [0, 0.05) is 0 Å². The van der Waals surface area contributed by atoms with Gasteiger partial charge in [-0.1, -0.05) is 58.3 Å². The Morgan fingerprint density at radius 1 is 1.15 bits per heavy atom. The molecule has 0 aromatic rings. The van der Waals surface area contributed by atoms with E-state index in [4.69, 9.17) is 0 Å². The van der Waals surface area contributed by atoms with Crippen LogP contribution in [-0.2, 0) is 0 Å². The first-order chi connectivity index (χ1) is 5.27. The van der Waals surface area contributed by atoms with Crippen LogP contribution in [-0.4, -0.2) is 28.7 Å². The number of hydrogen-bond acceptors (Lipinski definition) is 1. The topological polar surface area (TPSA) is 23.1 Å². The second-order valence-corrected chi connectivity index (χ2v) is 3.85. The molecule has 0 radical (unpaired) electrons. The van der Waals surface area contributed by atoms with E-state index < -0.39 is 5.60 Å². The molecule has 0 aliphatic heterocycles. The molecule has 0 bridgehead atoms.